The molecular weight excluding hydrogens is 224 g/mol. The summed E-state index contributed by atoms with van der Waals surface area (Å²) in [5, 5.41) is 8.08. The Hall–Kier alpha value is -1.52. The van der Waals surface area contributed by atoms with Crippen molar-refractivity contribution in [2.45, 2.75) is 25.4 Å². The molecule has 0 unspecified atom stereocenters. The molecule has 18 heavy (non-hydrogen) atoms. The summed E-state index contributed by atoms with van der Waals surface area (Å²) in [6.45, 7) is 3.07. The summed E-state index contributed by atoms with van der Waals surface area (Å²) in [7, 11) is 0. The van der Waals surface area contributed by atoms with Crippen molar-refractivity contribution in [3.05, 3.63) is 36.2 Å². The Balaban J connectivity index is 1.60. The van der Waals surface area contributed by atoms with Gasteiger partial charge in [-0.3, -0.25) is 0 Å². The predicted molar refractivity (Wildman–Crippen MR) is 72.3 cm³/mol. The summed E-state index contributed by atoms with van der Waals surface area (Å²) in [5.74, 6) is 0. The molecule has 4 heteroatoms. The Bertz CT molecular complexity index is 520. The summed E-state index contributed by atoms with van der Waals surface area (Å²) in [6, 6.07) is 6.80. The molecule has 0 bridgehead atoms. The molecule has 3 rings (SSSR count). The van der Waals surface area contributed by atoms with E-state index in [4.69, 9.17) is 0 Å². The second-order valence-corrected chi connectivity index (χ2v) is 4.82. The highest BCUT2D eigenvalue weighted by atomic mass is 15.0. The fourth-order valence-electron chi connectivity index (χ4n) is 2.43. The molecule has 0 aliphatic carbocycles. The largest absolute Gasteiger partial charge is 0.313 e. The second-order valence-electron chi connectivity index (χ2n) is 4.82. The Morgan fingerprint density at radius 3 is 3.28 bits per heavy atom. The van der Waals surface area contributed by atoms with E-state index >= 15 is 0 Å². The van der Waals surface area contributed by atoms with E-state index in [0.717, 1.165) is 30.7 Å². The van der Waals surface area contributed by atoms with Crippen LogP contribution in [0.5, 0.6) is 0 Å². The van der Waals surface area contributed by atoms with Gasteiger partial charge < -0.3 is 10.6 Å². The van der Waals surface area contributed by atoms with E-state index in [1.165, 1.54) is 18.4 Å². The average molecular weight is 242 g/mol. The van der Waals surface area contributed by atoms with E-state index in [1.807, 2.05) is 12.3 Å². The molecule has 94 valence electrons. The minimum atomic E-state index is 0.639. The first kappa shape index (κ1) is 11.6. The van der Waals surface area contributed by atoms with Crippen molar-refractivity contribution in [3.8, 4) is 0 Å². The van der Waals surface area contributed by atoms with Gasteiger partial charge in [0.05, 0.1) is 0 Å². The number of nitrogens with zero attached hydrogens (tertiary/aromatic N) is 2. The molecule has 1 aliphatic heterocycles. The van der Waals surface area contributed by atoms with Gasteiger partial charge in [0.25, 0.3) is 0 Å². The van der Waals surface area contributed by atoms with Crippen molar-refractivity contribution in [2.24, 2.45) is 0 Å². The van der Waals surface area contributed by atoms with Crippen molar-refractivity contribution in [1.29, 1.82) is 0 Å². The van der Waals surface area contributed by atoms with Crippen LogP contribution in [0.4, 0.5) is 0 Å². The Morgan fingerprint density at radius 2 is 2.39 bits per heavy atom. The zero-order chi connectivity index (χ0) is 12.2. The summed E-state index contributed by atoms with van der Waals surface area (Å²) in [5.41, 5.74) is 2.03. The van der Waals surface area contributed by atoms with Crippen molar-refractivity contribution in [3.63, 3.8) is 0 Å². The number of rotatable bonds is 4. The quantitative estimate of drug-likeness (QED) is 0.852. The molecule has 0 amide bonds. The number of fused-ring (bicyclic) bond motifs is 1. The van der Waals surface area contributed by atoms with Crippen molar-refractivity contribution in [1.82, 2.24) is 20.6 Å². The molecule has 1 saturated heterocycles. The molecule has 0 saturated carbocycles. The van der Waals surface area contributed by atoms with Crippen LogP contribution in [-0.4, -0.2) is 29.1 Å². The van der Waals surface area contributed by atoms with Gasteiger partial charge in [-0.15, -0.1) is 0 Å². The lowest BCUT2D eigenvalue weighted by Gasteiger charge is -2.11. The van der Waals surface area contributed by atoms with E-state index in [2.05, 4.69) is 32.7 Å². The molecule has 0 radical (unpaired) electrons. The van der Waals surface area contributed by atoms with Crippen LogP contribution in [0.2, 0.25) is 0 Å². The van der Waals surface area contributed by atoms with Crippen LogP contribution in [0.1, 0.15) is 18.4 Å². The first-order chi connectivity index (χ1) is 8.92. The van der Waals surface area contributed by atoms with Crippen LogP contribution in [0.15, 0.2) is 30.6 Å². The number of aromatic nitrogens is 2. The van der Waals surface area contributed by atoms with Crippen molar-refractivity contribution < 1.29 is 0 Å². The van der Waals surface area contributed by atoms with Crippen molar-refractivity contribution in [2.75, 3.05) is 13.1 Å². The normalized spacial score (nSPS) is 19.4. The maximum absolute atomic E-state index is 4.36. The highest BCUT2D eigenvalue weighted by molar-refractivity contribution is 5.74. The molecular formula is C14H18N4. The standard InChI is InChI=1S/C14H18N4/c1-3-12-7-11(9-18-14(12)17-6-1)8-15-10-13-4-2-5-16-13/h1,3,6-7,9,13,15-16H,2,4-5,8,10H2/t13-/m0/s1. The molecule has 0 aromatic carbocycles. The zero-order valence-electron chi connectivity index (χ0n) is 10.4. The van der Waals surface area contributed by atoms with E-state index in [9.17, 15) is 0 Å². The first-order valence-electron chi connectivity index (χ1n) is 6.55. The first-order valence-corrected chi connectivity index (χ1v) is 6.55. The van der Waals surface area contributed by atoms with Crippen LogP contribution in [0, 0.1) is 0 Å². The van der Waals surface area contributed by atoms with E-state index in [1.54, 1.807) is 6.20 Å². The summed E-state index contributed by atoms with van der Waals surface area (Å²) >= 11 is 0. The van der Waals surface area contributed by atoms with Gasteiger partial charge in [0, 0.05) is 36.9 Å². The van der Waals surface area contributed by atoms with Gasteiger partial charge in [0.2, 0.25) is 0 Å². The Kier molecular flexibility index (Phi) is 3.48. The monoisotopic (exact) mass is 242 g/mol. The highest BCUT2D eigenvalue weighted by Crippen LogP contribution is 2.10. The highest BCUT2D eigenvalue weighted by Gasteiger charge is 2.12. The third-order valence-corrected chi connectivity index (χ3v) is 3.39. The van der Waals surface area contributed by atoms with Gasteiger partial charge in [-0.25, -0.2) is 9.97 Å². The smallest absolute Gasteiger partial charge is 0.159 e. The number of pyridine rings is 2. The Labute approximate surface area is 107 Å². The molecule has 0 spiro atoms. The fraction of sp³-hybridized carbons (Fsp3) is 0.429. The maximum atomic E-state index is 4.36. The van der Waals surface area contributed by atoms with Crippen LogP contribution < -0.4 is 10.6 Å². The number of hydrogen-bond donors (Lipinski definition) is 2. The van der Waals surface area contributed by atoms with E-state index in [-0.39, 0.29) is 0 Å². The minimum Gasteiger partial charge on any atom is -0.313 e. The zero-order valence-corrected chi connectivity index (χ0v) is 10.4. The van der Waals surface area contributed by atoms with Crippen LogP contribution >= 0.6 is 0 Å². The predicted octanol–water partition coefficient (Wildman–Crippen LogP) is 1.47. The molecule has 3 heterocycles. The van der Waals surface area contributed by atoms with Gasteiger partial charge >= 0.3 is 0 Å². The van der Waals surface area contributed by atoms with Gasteiger partial charge in [-0.05, 0) is 43.1 Å². The molecule has 4 nitrogen and oxygen atoms in total. The fourth-order valence-corrected chi connectivity index (χ4v) is 2.43. The third-order valence-electron chi connectivity index (χ3n) is 3.39. The molecule has 2 aromatic rings. The number of hydrogen-bond acceptors (Lipinski definition) is 4. The van der Waals surface area contributed by atoms with Crippen LogP contribution in [0.3, 0.4) is 0 Å². The van der Waals surface area contributed by atoms with Gasteiger partial charge in [0.1, 0.15) is 0 Å². The third kappa shape index (κ3) is 2.66. The molecule has 1 aliphatic rings. The Morgan fingerprint density at radius 1 is 1.39 bits per heavy atom. The van der Waals surface area contributed by atoms with Gasteiger partial charge in [-0.1, -0.05) is 0 Å². The lowest BCUT2D eigenvalue weighted by Crippen LogP contribution is -2.33. The minimum absolute atomic E-state index is 0.639. The SMILES string of the molecule is c1cnc2ncc(CNC[C@@H]3CCCN3)cc2c1. The molecule has 2 N–H and O–H groups in total. The average Bonchev–Trinajstić information content (AvgIpc) is 2.92. The van der Waals surface area contributed by atoms with E-state index < -0.39 is 0 Å². The topological polar surface area (TPSA) is 49.8 Å². The lowest BCUT2D eigenvalue weighted by molar-refractivity contribution is 0.535. The maximum Gasteiger partial charge on any atom is 0.159 e. The second kappa shape index (κ2) is 5.42. The van der Waals surface area contributed by atoms with Crippen LogP contribution in [0.25, 0.3) is 11.0 Å². The molecule has 1 atom stereocenters. The molecule has 1 fully saturated rings. The van der Waals surface area contributed by atoms with Gasteiger partial charge in [0.15, 0.2) is 5.65 Å². The van der Waals surface area contributed by atoms with Crippen molar-refractivity contribution >= 4 is 11.0 Å². The summed E-state index contributed by atoms with van der Waals surface area (Å²) < 4.78 is 0. The lowest BCUT2D eigenvalue weighted by atomic mass is 10.2. The summed E-state index contributed by atoms with van der Waals surface area (Å²) in [6.07, 6.45) is 6.27. The van der Waals surface area contributed by atoms with Gasteiger partial charge in [-0.2, -0.15) is 0 Å². The van der Waals surface area contributed by atoms with E-state index in [0.29, 0.717) is 6.04 Å². The van der Waals surface area contributed by atoms with Crippen LogP contribution in [-0.2, 0) is 6.54 Å². The molecule has 2 aromatic heterocycles. The summed E-state index contributed by atoms with van der Waals surface area (Å²) in [4.78, 5) is 8.59. The number of nitrogens with one attached hydrogen (secondary N) is 2.